The van der Waals surface area contributed by atoms with Gasteiger partial charge in [0.15, 0.2) is 0 Å². The highest BCUT2D eigenvalue weighted by Gasteiger charge is 2.39. The molecule has 1 aliphatic carbocycles. The largest absolute Gasteiger partial charge is 0.247 e. The Bertz CT molecular complexity index is 3110. The molecule has 0 radical (unpaired) electrons. The summed E-state index contributed by atoms with van der Waals surface area (Å²) in [4.78, 5) is 15.7. The molecule has 0 spiro atoms. The van der Waals surface area contributed by atoms with Gasteiger partial charge in [-0.3, -0.25) is 0 Å². The Morgan fingerprint density at radius 1 is 0.536 bits per heavy atom. The van der Waals surface area contributed by atoms with Gasteiger partial charge in [0.25, 0.3) is 0 Å². The lowest BCUT2D eigenvalue weighted by Crippen LogP contribution is -2.16. The van der Waals surface area contributed by atoms with Crippen LogP contribution in [-0.4, -0.2) is 15.0 Å². The Labute approximate surface area is 327 Å². The number of pyridine rings is 3. The minimum Gasteiger partial charge on any atom is -0.247 e. The molecule has 0 atom stereocenters. The summed E-state index contributed by atoms with van der Waals surface area (Å²) in [5.74, 6) is 0. The fourth-order valence-corrected chi connectivity index (χ4v) is 8.65. The summed E-state index contributed by atoms with van der Waals surface area (Å²) in [5.41, 5.74) is 16.5. The van der Waals surface area contributed by atoms with Crippen molar-refractivity contribution in [3.8, 4) is 44.8 Å². The summed E-state index contributed by atoms with van der Waals surface area (Å²) in [6.45, 7) is 10.5. The van der Waals surface area contributed by atoms with E-state index < -0.39 is 0 Å². The van der Waals surface area contributed by atoms with Gasteiger partial charge in [-0.1, -0.05) is 178 Å². The Hall–Kier alpha value is -6.97. The summed E-state index contributed by atoms with van der Waals surface area (Å²) >= 11 is 0. The van der Waals surface area contributed by atoms with E-state index >= 15 is 0 Å². The molecule has 0 aliphatic heterocycles. The van der Waals surface area contributed by atoms with Crippen molar-refractivity contribution in [1.82, 2.24) is 15.0 Å². The lowest BCUT2D eigenvalue weighted by Gasteiger charge is -2.25. The molecular weight excluding hydrogens is 679 g/mol. The Balaban J connectivity index is 1.02. The Morgan fingerprint density at radius 2 is 1.16 bits per heavy atom. The number of nitrogens with zero attached hydrogens (tertiary/aromatic N) is 3. The third-order valence-corrected chi connectivity index (χ3v) is 11.6. The lowest BCUT2D eigenvalue weighted by molar-refractivity contribution is 0.662. The zero-order valence-electron chi connectivity index (χ0n) is 31.7. The van der Waals surface area contributed by atoms with Crippen LogP contribution in [0.3, 0.4) is 0 Å². The van der Waals surface area contributed by atoms with E-state index in [1.165, 1.54) is 49.5 Å². The summed E-state index contributed by atoms with van der Waals surface area (Å²) in [6.07, 6.45) is 7.74. The molecule has 1 aliphatic rings. The van der Waals surface area contributed by atoms with Crippen LogP contribution in [0.4, 0.5) is 0 Å². The van der Waals surface area contributed by atoms with E-state index in [0.717, 1.165) is 61.1 Å². The molecule has 3 heteroatoms. The monoisotopic (exact) mass is 717 g/mol. The van der Waals surface area contributed by atoms with Crippen LogP contribution >= 0.6 is 0 Å². The number of allylic oxidation sites excluding steroid dienone is 5. The lowest BCUT2D eigenvalue weighted by atomic mass is 9.78. The fraction of sp³-hybridized carbons (Fsp3) is 0.0755. The maximum Gasteiger partial charge on any atom is 0.0972 e. The van der Waals surface area contributed by atoms with Gasteiger partial charge in [-0.15, -0.1) is 0 Å². The van der Waals surface area contributed by atoms with Gasteiger partial charge >= 0.3 is 0 Å². The highest BCUT2D eigenvalue weighted by atomic mass is 14.8. The zero-order chi connectivity index (χ0) is 38.0. The minimum absolute atomic E-state index is 0.192. The standard InChI is InChI=1S/C53H39N3/c1-5-6-7-12-33(2)45-31-28-39-25-26-40-29-32-46(55-50(40)49(39)54-45)37-21-17-34(18-22-37)35-19-23-38(24-20-35)47-43-30-27-36-13-8-9-14-41(36)51(43)56-52-42-15-10-11-16-44(42)53(3,4)48(47)52/h5-32H,1H2,2-4H3/b7-6-,33-12+. The molecule has 0 saturated carbocycles. The van der Waals surface area contributed by atoms with Gasteiger partial charge in [-0.25, -0.2) is 15.0 Å². The number of hydrogen-bond donors (Lipinski definition) is 0. The number of benzene rings is 6. The Kier molecular flexibility index (Phi) is 7.86. The van der Waals surface area contributed by atoms with Crippen LogP contribution in [-0.2, 0) is 5.41 Å². The Morgan fingerprint density at radius 3 is 1.93 bits per heavy atom. The van der Waals surface area contributed by atoms with E-state index in [2.05, 4.69) is 179 Å². The number of hydrogen-bond acceptors (Lipinski definition) is 3. The predicted octanol–water partition coefficient (Wildman–Crippen LogP) is 13.9. The van der Waals surface area contributed by atoms with E-state index in [1.54, 1.807) is 6.08 Å². The molecule has 0 fully saturated rings. The van der Waals surface area contributed by atoms with Crippen LogP contribution < -0.4 is 0 Å². The molecule has 3 heterocycles. The minimum atomic E-state index is -0.192. The summed E-state index contributed by atoms with van der Waals surface area (Å²) in [7, 11) is 0. The molecule has 9 aromatic rings. The van der Waals surface area contributed by atoms with E-state index in [1.807, 2.05) is 12.2 Å². The molecule has 0 saturated heterocycles. The van der Waals surface area contributed by atoms with E-state index in [-0.39, 0.29) is 5.41 Å². The van der Waals surface area contributed by atoms with Gasteiger partial charge in [0.2, 0.25) is 0 Å². The topological polar surface area (TPSA) is 38.7 Å². The zero-order valence-corrected chi connectivity index (χ0v) is 31.7. The first-order valence-corrected chi connectivity index (χ1v) is 19.2. The van der Waals surface area contributed by atoms with Gasteiger partial charge < -0.3 is 0 Å². The fourth-order valence-electron chi connectivity index (χ4n) is 8.65. The summed E-state index contributed by atoms with van der Waals surface area (Å²) < 4.78 is 0. The molecule has 6 aromatic carbocycles. The van der Waals surface area contributed by atoms with Crippen LogP contribution in [0.1, 0.15) is 37.6 Å². The van der Waals surface area contributed by atoms with Crippen molar-refractivity contribution in [3.05, 3.63) is 193 Å². The van der Waals surface area contributed by atoms with E-state index in [0.29, 0.717) is 0 Å². The van der Waals surface area contributed by atoms with Crippen molar-refractivity contribution in [3.63, 3.8) is 0 Å². The molecule has 266 valence electrons. The second-order valence-electron chi connectivity index (χ2n) is 15.3. The van der Waals surface area contributed by atoms with Crippen molar-refractivity contribution < 1.29 is 0 Å². The van der Waals surface area contributed by atoms with Crippen LogP contribution in [0.5, 0.6) is 0 Å². The van der Waals surface area contributed by atoms with Gasteiger partial charge in [0, 0.05) is 38.1 Å². The van der Waals surface area contributed by atoms with Crippen molar-refractivity contribution in [2.24, 2.45) is 0 Å². The second-order valence-corrected chi connectivity index (χ2v) is 15.3. The molecule has 0 unspecified atom stereocenters. The average molecular weight is 718 g/mol. The molecule has 56 heavy (non-hydrogen) atoms. The molecule has 3 nitrogen and oxygen atoms in total. The summed E-state index contributed by atoms with van der Waals surface area (Å²) in [6, 6.07) is 52.4. The van der Waals surface area contributed by atoms with Gasteiger partial charge in [-0.05, 0) is 63.4 Å². The van der Waals surface area contributed by atoms with E-state index in [4.69, 9.17) is 15.0 Å². The van der Waals surface area contributed by atoms with Crippen LogP contribution in [0.15, 0.2) is 176 Å². The van der Waals surface area contributed by atoms with Gasteiger partial charge in [0.05, 0.1) is 33.6 Å². The van der Waals surface area contributed by atoms with Crippen LogP contribution in [0.25, 0.3) is 93.8 Å². The molecule has 3 aromatic heterocycles. The molecule has 0 amide bonds. The normalized spacial score (nSPS) is 13.5. The van der Waals surface area contributed by atoms with Crippen LogP contribution in [0.2, 0.25) is 0 Å². The first-order chi connectivity index (χ1) is 27.4. The first-order valence-electron chi connectivity index (χ1n) is 19.2. The summed E-state index contributed by atoms with van der Waals surface area (Å²) in [5, 5.41) is 5.73. The van der Waals surface area contributed by atoms with Crippen molar-refractivity contribution in [1.29, 1.82) is 0 Å². The molecule has 10 rings (SSSR count). The quantitative estimate of drug-likeness (QED) is 0.127. The van der Waals surface area contributed by atoms with E-state index in [9.17, 15) is 0 Å². The third-order valence-electron chi connectivity index (χ3n) is 11.6. The SMILES string of the molecule is C=C/C=C\C=C(/C)c1ccc2ccc3ccc(-c4ccc(-c5ccc(-c6c7c(nc8c6ccc6ccccc68)-c6ccccc6C7(C)C)cc5)cc4)nc3c2n1. The van der Waals surface area contributed by atoms with Gasteiger partial charge in [0.1, 0.15) is 0 Å². The maximum absolute atomic E-state index is 5.44. The van der Waals surface area contributed by atoms with Crippen molar-refractivity contribution in [2.75, 3.05) is 0 Å². The maximum atomic E-state index is 5.44. The number of fused-ring (bicyclic) bond motifs is 9. The first kappa shape index (κ1) is 33.6. The highest BCUT2D eigenvalue weighted by Crippen LogP contribution is 2.53. The number of rotatable bonds is 6. The smallest absolute Gasteiger partial charge is 0.0972 e. The molecule has 0 bridgehead atoms. The molecule has 0 N–H and O–H groups in total. The number of aromatic nitrogens is 3. The second kappa shape index (κ2) is 13.1. The average Bonchev–Trinajstić information content (AvgIpc) is 3.48. The third kappa shape index (κ3) is 5.39. The van der Waals surface area contributed by atoms with Crippen LogP contribution in [0, 0.1) is 0 Å². The predicted molar refractivity (Wildman–Crippen MR) is 237 cm³/mol. The van der Waals surface area contributed by atoms with Crippen molar-refractivity contribution in [2.45, 2.75) is 26.2 Å². The molecular formula is C53H39N3. The van der Waals surface area contributed by atoms with Gasteiger partial charge in [-0.2, -0.15) is 0 Å². The van der Waals surface area contributed by atoms with Crippen molar-refractivity contribution >= 4 is 49.1 Å². The highest BCUT2D eigenvalue weighted by molar-refractivity contribution is 6.13.